The van der Waals surface area contributed by atoms with Crippen molar-refractivity contribution in [3.05, 3.63) is 35.4 Å². The molecule has 154 valence electrons. The molecule has 1 spiro atoms. The molecular weight excluding hydrogens is 377 g/mol. The van der Waals surface area contributed by atoms with Gasteiger partial charge >= 0.3 is 12.1 Å². The first-order valence-electron chi connectivity index (χ1n) is 9.28. The Labute approximate surface area is 160 Å². The Morgan fingerprint density at radius 1 is 1.29 bits per heavy atom. The maximum absolute atomic E-state index is 13.1. The predicted molar refractivity (Wildman–Crippen MR) is 93.7 cm³/mol. The lowest BCUT2D eigenvalue weighted by Gasteiger charge is -2.44. The van der Waals surface area contributed by atoms with Crippen LogP contribution in [0.3, 0.4) is 0 Å². The number of rotatable bonds is 4. The number of benzene rings is 1. The van der Waals surface area contributed by atoms with Crippen molar-refractivity contribution in [2.75, 3.05) is 26.2 Å². The lowest BCUT2D eigenvalue weighted by Crippen LogP contribution is -2.58. The number of carbonyl (C=O) groups excluding carboxylic acids is 1. The van der Waals surface area contributed by atoms with Gasteiger partial charge in [-0.3, -0.25) is 9.69 Å². The molecule has 0 bridgehead atoms. The zero-order valence-corrected chi connectivity index (χ0v) is 15.5. The van der Waals surface area contributed by atoms with E-state index in [1.807, 2.05) is 0 Å². The van der Waals surface area contributed by atoms with Crippen LogP contribution in [0, 0.1) is 0 Å². The molecule has 0 unspecified atom stereocenters. The molecule has 1 aromatic rings. The number of carboxylic acids is 1. The van der Waals surface area contributed by atoms with Crippen LogP contribution < -0.4 is 0 Å². The highest BCUT2D eigenvalue weighted by atomic mass is 19.4. The minimum Gasteiger partial charge on any atom is -0.480 e. The summed E-state index contributed by atoms with van der Waals surface area (Å²) < 4.78 is 44.9. The summed E-state index contributed by atoms with van der Waals surface area (Å²) in [5.74, 6) is -1.98. The van der Waals surface area contributed by atoms with Crippen molar-refractivity contribution in [3.63, 3.8) is 0 Å². The molecule has 0 saturated carbocycles. The molecule has 0 radical (unpaired) electrons. The van der Waals surface area contributed by atoms with E-state index in [1.165, 1.54) is 6.07 Å². The largest absolute Gasteiger partial charge is 0.480 e. The zero-order chi connectivity index (χ0) is 20.5. The average molecular weight is 400 g/mol. The van der Waals surface area contributed by atoms with Crippen LogP contribution in [-0.4, -0.2) is 64.8 Å². The van der Waals surface area contributed by atoms with Gasteiger partial charge in [0.15, 0.2) is 6.04 Å². The van der Waals surface area contributed by atoms with Gasteiger partial charge in [0.25, 0.3) is 5.91 Å². The van der Waals surface area contributed by atoms with E-state index in [4.69, 9.17) is 4.74 Å². The van der Waals surface area contributed by atoms with Crippen LogP contribution in [0.4, 0.5) is 13.2 Å². The summed E-state index contributed by atoms with van der Waals surface area (Å²) in [7, 11) is 0. The van der Waals surface area contributed by atoms with Crippen LogP contribution in [-0.2, 0) is 15.7 Å². The van der Waals surface area contributed by atoms with Crippen molar-refractivity contribution >= 4 is 11.9 Å². The first-order chi connectivity index (χ1) is 13.2. The molecule has 2 heterocycles. The van der Waals surface area contributed by atoms with Crippen LogP contribution in [0.25, 0.3) is 0 Å². The summed E-state index contributed by atoms with van der Waals surface area (Å²) in [5.41, 5.74) is -2.24. The van der Waals surface area contributed by atoms with E-state index >= 15 is 0 Å². The van der Waals surface area contributed by atoms with Crippen molar-refractivity contribution in [2.45, 2.75) is 44.1 Å². The Hall–Kier alpha value is -2.13. The number of carbonyl (C=O) groups is 2. The fourth-order valence-electron chi connectivity index (χ4n) is 3.97. The van der Waals surface area contributed by atoms with E-state index in [1.54, 1.807) is 0 Å². The molecule has 2 aliphatic heterocycles. The highest BCUT2D eigenvalue weighted by Gasteiger charge is 2.54. The normalized spacial score (nSPS) is 22.6. The number of likely N-dealkylation sites (tertiary alicyclic amines) is 1. The van der Waals surface area contributed by atoms with E-state index in [9.17, 15) is 27.9 Å². The molecule has 0 aliphatic carbocycles. The third kappa shape index (κ3) is 3.86. The lowest BCUT2D eigenvalue weighted by atomic mass is 9.96. The Balaban J connectivity index is 1.91. The van der Waals surface area contributed by atoms with Gasteiger partial charge in [-0.05, 0) is 31.2 Å². The highest BCUT2D eigenvalue weighted by Crippen LogP contribution is 2.39. The fraction of sp³-hybridized carbons (Fsp3) is 0.579. The molecule has 1 N–H and O–H groups in total. The van der Waals surface area contributed by atoms with Gasteiger partial charge in [0, 0.05) is 31.5 Å². The van der Waals surface area contributed by atoms with Crippen LogP contribution in [0.1, 0.15) is 42.1 Å². The summed E-state index contributed by atoms with van der Waals surface area (Å²) in [4.78, 5) is 28.2. The second-order valence-electron chi connectivity index (χ2n) is 7.21. The van der Waals surface area contributed by atoms with Gasteiger partial charge in [-0.25, -0.2) is 4.79 Å². The summed E-state index contributed by atoms with van der Waals surface area (Å²) >= 11 is 0. The summed E-state index contributed by atoms with van der Waals surface area (Å²) in [6, 6.07) is 2.85. The van der Waals surface area contributed by atoms with Gasteiger partial charge in [-0.1, -0.05) is 13.0 Å². The number of nitrogens with zero attached hydrogens (tertiary/aromatic N) is 2. The van der Waals surface area contributed by atoms with Crippen molar-refractivity contribution in [2.24, 2.45) is 0 Å². The second-order valence-corrected chi connectivity index (χ2v) is 7.21. The molecule has 1 atom stereocenters. The second kappa shape index (κ2) is 7.71. The molecule has 9 heteroatoms. The van der Waals surface area contributed by atoms with Crippen molar-refractivity contribution in [1.82, 2.24) is 9.80 Å². The molecule has 28 heavy (non-hydrogen) atoms. The fourth-order valence-corrected chi connectivity index (χ4v) is 3.97. The van der Waals surface area contributed by atoms with E-state index in [0.717, 1.165) is 36.1 Å². The maximum atomic E-state index is 13.1. The topological polar surface area (TPSA) is 70.1 Å². The number of alkyl halides is 3. The first kappa shape index (κ1) is 20.6. The average Bonchev–Trinajstić information content (AvgIpc) is 3.02. The third-order valence-electron chi connectivity index (χ3n) is 5.38. The van der Waals surface area contributed by atoms with E-state index in [2.05, 4.69) is 11.8 Å². The van der Waals surface area contributed by atoms with Crippen molar-refractivity contribution in [1.29, 1.82) is 0 Å². The molecule has 6 nitrogen and oxygen atoms in total. The van der Waals surface area contributed by atoms with Crippen molar-refractivity contribution in [3.8, 4) is 0 Å². The molecule has 2 aliphatic rings. The molecule has 1 aromatic carbocycles. The SMILES string of the molecule is CCCN1CCC2(CC1)OC[C@H](C(=O)O)N2C(=O)c1cccc(C(F)(F)F)c1. The lowest BCUT2D eigenvalue weighted by molar-refractivity contribution is -0.144. The number of amides is 1. The monoisotopic (exact) mass is 400 g/mol. The van der Waals surface area contributed by atoms with Gasteiger partial charge in [-0.2, -0.15) is 13.2 Å². The number of ether oxygens (including phenoxy) is 1. The Morgan fingerprint density at radius 2 is 1.96 bits per heavy atom. The third-order valence-corrected chi connectivity index (χ3v) is 5.38. The molecular formula is C19H23F3N2O4. The zero-order valence-electron chi connectivity index (χ0n) is 15.5. The quantitative estimate of drug-likeness (QED) is 0.842. The van der Waals surface area contributed by atoms with Gasteiger partial charge < -0.3 is 14.7 Å². The van der Waals surface area contributed by atoms with Crippen molar-refractivity contribution < 1.29 is 32.6 Å². The molecule has 2 saturated heterocycles. The number of aliphatic carboxylic acids is 1. The summed E-state index contributed by atoms with van der Waals surface area (Å²) in [6.45, 7) is 4.04. The number of halogens is 3. The van der Waals surface area contributed by atoms with E-state index in [0.29, 0.717) is 25.9 Å². The number of piperidine rings is 1. The number of hydrogen-bond acceptors (Lipinski definition) is 4. The molecule has 0 aromatic heterocycles. The van der Waals surface area contributed by atoms with Gasteiger partial charge in [-0.15, -0.1) is 0 Å². The van der Waals surface area contributed by atoms with E-state index in [-0.39, 0.29) is 12.2 Å². The van der Waals surface area contributed by atoms with Crippen LogP contribution in [0.2, 0.25) is 0 Å². The Morgan fingerprint density at radius 3 is 2.54 bits per heavy atom. The minimum absolute atomic E-state index is 0.173. The number of carboxylic acid groups (broad SMARTS) is 1. The standard InChI is InChI=1S/C19H23F3N2O4/c1-2-8-23-9-6-18(7-10-23)24(15(12-28-18)17(26)27)16(25)13-4-3-5-14(11-13)19(20,21)22/h3-5,11,15H,2,6-10,12H2,1H3,(H,26,27)/t15-/m1/s1. The van der Waals surface area contributed by atoms with Crippen LogP contribution in [0.5, 0.6) is 0 Å². The van der Waals surface area contributed by atoms with Crippen LogP contribution >= 0.6 is 0 Å². The smallest absolute Gasteiger partial charge is 0.416 e. The molecule has 3 rings (SSSR count). The molecule has 2 fully saturated rings. The number of hydrogen-bond donors (Lipinski definition) is 1. The summed E-state index contributed by atoms with van der Waals surface area (Å²) in [5, 5.41) is 9.55. The van der Waals surface area contributed by atoms with Gasteiger partial charge in [0.05, 0.1) is 12.2 Å². The van der Waals surface area contributed by atoms with E-state index < -0.39 is 35.4 Å². The summed E-state index contributed by atoms with van der Waals surface area (Å²) in [6.07, 6.45) is -2.78. The predicted octanol–water partition coefficient (Wildman–Crippen LogP) is 2.83. The first-order valence-corrected chi connectivity index (χ1v) is 9.28. The van der Waals surface area contributed by atoms with Crippen LogP contribution in [0.15, 0.2) is 24.3 Å². The highest BCUT2D eigenvalue weighted by molar-refractivity contribution is 5.97. The van der Waals surface area contributed by atoms with Gasteiger partial charge in [0.2, 0.25) is 0 Å². The molecule has 1 amide bonds. The Bertz CT molecular complexity index is 745. The minimum atomic E-state index is -4.59. The maximum Gasteiger partial charge on any atom is 0.416 e. The van der Waals surface area contributed by atoms with Gasteiger partial charge in [0.1, 0.15) is 5.72 Å². The Kier molecular flexibility index (Phi) is 5.67.